The highest BCUT2D eigenvalue weighted by molar-refractivity contribution is 7.89. The van der Waals surface area contributed by atoms with Gasteiger partial charge in [0.25, 0.3) is 5.91 Å². The number of furan rings is 1. The third kappa shape index (κ3) is 5.45. The average Bonchev–Trinajstić information content (AvgIpc) is 3.49. The van der Waals surface area contributed by atoms with Crippen molar-refractivity contribution >= 4 is 21.8 Å². The fraction of sp³-hybridized carbons (Fsp3) is 0.478. The number of hydrogen-bond acceptors (Lipinski definition) is 6. The van der Waals surface area contributed by atoms with E-state index < -0.39 is 10.0 Å². The minimum Gasteiger partial charge on any atom is -0.455 e. The van der Waals surface area contributed by atoms with Crippen LogP contribution in [0.4, 0.5) is 0 Å². The molecule has 0 aliphatic carbocycles. The van der Waals surface area contributed by atoms with E-state index in [-0.39, 0.29) is 34.8 Å². The molecule has 3 heterocycles. The Labute approximate surface area is 194 Å². The minimum atomic E-state index is -3.64. The van der Waals surface area contributed by atoms with E-state index in [4.69, 9.17) is 4.42 Å². The fourth-order valence-corrected chi connectivity index (χ4v) is 5.89. The molecule has 0 radical (unpaired) electrons. The van der Waals surface area contributed by atoms with Crippen LogP contribution in [0.25, 0.3) is 0 Å². The van der Waals surface area contributed by atoms with Crippen molar-refractivity contribution in [2.75, 3.05) is 45.8 Å². The molecule has 2 amide bonds. The molecule has 1 N–H and O–H groups in total. The largest absolute Gasteiger partial charge is 0.455 e. The van der Waals surface area contributed by atoms with E-state index in [2.05, 4.69) is 5.32 Å². The Morgan fingerprint density at radius 3 is 2.33 bits per heavy atom. The van der Waals surface area contributed by atoms with Gasteiger partial charge in [0.2, 0.25) is 15.9 Å². The number of rotatable bonds is 7. The van der Waals surface area contributed by atoms with Gasteiger partial charge in [-0.05, 0) is 25.3 Å². The molecule has 2 saturated heterocycles. The lowest BCUT2D eigenvalue weighted by atomic mass is 10.2. The van der Waals surface area contributed by atoms with Gasteiger partial charge in [0.1, 0.15) is 10.7 Å². The normalized spacial score (nSPS) is 17.9. The number of carbonyl (C=O) groups is 2. The molecular formula is C23H30N4O5S. The van der Waals surface area contributed by atoms with Gasteiger partial charge < -0.3 is 14.6 Å². The third-order valence-corrected chi connectivity index (χ3v) is 8.13. The second kappa shape index (κ2) is 10.1. The van der Waals surface area contributed by atoms with Crippen molar-refractivity contribution in [1.82, 2.24) is 19.4 Å². The molecule has 1 aromatic heterocycles. The van der Waals surface area contributed by atoms with E-state index in [1.165, 1.54) is 10.4 Å². The predicted octanol–water partition coefficient (Wildman–Crippen LogP) is 1.45. The lowest BCUT2D eigenvalue weighted by Crippen LogP contribution is -2.51. The van der Waals surface area contributed by atoms with Crippen molar-refractivity contribution in [2.45, 2.75) is 31.2 Å². The molecule has 0 spiro atoms. The zero-order valence-electron chi connectivity index (χ0n) is 18.8. The molecule has 0 bridgehead atoms. The number of aryl methyl sites for hydroxylation is 1. The summed E-state index contributed by atoms with van der Waals surface area (Å²) in [5.74, 6) is -0.107. The lowest BCUT2D eigenvalue weighted by molar-refractivity contribution is -0.122. The van der Waals surface area contributed by atoms with E-state index in [0.717, 1.165) is 18.4 Å². The van der Waals surface area contributed by atoms with Crippen LogP contribution in [0.1, 0.15) is 34.7 Å². The second-order valence-electron chi connectivity index (χ2n) is 8.47. The zero-order chi connectivity index (χ0) is 23.4. The van der Waals surface area contributed by atoms with Crippen molar-refractivity contribution in [2.24, 2.45) is 0 Å². The lowest BCUT2D eigenvalue weighted by Gasteiger charge is -2.33. The van der Waals surface area contributed by atoms with Gasteiger partial charge in [-0.25, -0.2) is 8.42 Å². The Morgan fingerprint density at radius 1 is 1.00 bits per heavy atom. The molecule has 33 heavy (non-hydrogen) atoms. The SMILES string of the molecule is Cc1oc(C(=O)N2CCN(CC(=O)NCc3ccccc3)CC2)cc1S(=O)(=O)N1CCCC1. The van der Waals surface area contributed by atoms with Crippen LogP contribution in [0.5, 0.6) is 0 Å². The van der Waals surface area contributed by atoms with Crippen molar-refractivity contribution in [1.29, 1.82) is 0 Å². The van der Waals surface area contributed by atoms with Gasteiger partial charge in [-0.1, -0.05) is 30.3 Å². The zero-order valence-corrected chi connectivity index (χ0v) is 19.6. The van der Waals surface area contributed by atoms with Crippen LogP contribution in [0.2, 0.25) is 0 Å². The van der Waals surface area contributed by atoms with E-state index in [9.17, 15) is 18.0 Å². The third-order valence-electron chi connectivity index (χ3n) is 6.13. The molecule has 2 aliphatic heterocycles. The Balaban J connectivity index is 1.29. The van der Waals surface area contributed by atoms with E-state index in [1.54, 1.807) is 11.8 Å². The van der Waals surface area contributed by atoms with Crippen molar-refractivity contribution in [3.63, 3.8) is 0 Å². The molecule has 0 saturated carbocycles. The quantitative estimate of drug-likeness (QED) is 0.652. The first kappa shape index (κ1) is 23.5. The van der Waals surface area contributed by atoms with E-state index >= 15 is 0 Å². The van der Waals surface area contributed by atoms with Gasteiger partial charge in [-0.3, -0.25) is 14.5 Å². The number of hydrogen-bond donors (Lipinski definition) is 1. The molecule has 1 aromatic carbocycles. The smallest absolute Gasteiger partial charge is 0.289 e. The molecule has 9 nitrogen and oxygen atoms in total. The summed E-state index contributed by atoms with van der Waals surface area (Å²) in [6, 6.07) is 11.1. The number of nitrogens with one attached hydrogen (secondary N) is 1. The number of nitrogens with zero attached hydrogens (tertiary/aromatic N) is 3. The highest BCUT2D eigenvalue weighted by atomic mass is 32.2. The molecule has 2 aromatic rings. The van der Waals surface area contributed by atoms with Gasteiger partial charge in [0, 0.05) is 51.9 Å². The number of sulfonamides is 1. The number of carbonyl (C=O) groups excluding carboxylic acids is 2. The number of benzene rings is 1. The van der Waals surface area contributed by atoms with Crippen LogP contribution in [-0.2, 0) is 21.4 Å². The topological polar surface area (TPSA) is 103 Å². The first-order valence-electron chi connectivity index (χ1n) is 11.3. The minimum absolute atomic E-state index is 0.0410. The average molecular weight is 475 g/mol. The Bertz CT molecular complexity index is 1090. The standard InChI is InChI=1S/C23H30N4O5S/c1-18-21(33(30,31)27-9-5-6-10-27)15-20(32-18)23(29)26-13-11-25(12-14-26)17-22(28)24-16-19-7-3-2-4-8-19/h2-4,7-8,15H,5-6,9-14,16-17H2,1H3,(H,24,28). The van der Waals surface area contributed by atoms with Crippen molar-refractivity contribution < 1.29 is 22.4 Å². The summed E-state index contributed by atoms with van der Waals surface area (Å²) in [6.07, 6.45) is 1.69. The maximum absolute atomic E-state index is 12.9. The molecular weight excluding hydrogens is 444 g/mol. The summed E-state index contributed by atoms with van der Waals surface area (Å²) >= 11 is 0. The maximum atomic E-state index is 12.9. The predicted molar refractivity (Wildman–Crippen MR) is 122 cm³/mol. The van der Waals surface area contributed by atoms with Gasteiger partial charge in [-0.15, -0.1) is 0 Å². The summed E-state index contributed by atoms with van der Waals surface area (Å²) < 4.78 is 32.7. The van der Waals surface area contributed by atoms with Crippen LogP contribution in [0.3, 0.4) is 0 Å². The van der Waals surface area contributed by atoms with Crippen LogP contribution >= 0.6 is 0 Å². The molecule has 2 fully saturated rings. The summed E-state index contributed by atoms with van der Waals surface area (Å²) in [7, 11) is -3.64. The Morgan fingerprint density at radius 2 is 1.67 bits per heavy atom. The highest BCUT2D eigenvalue weighted by Crippen LogP contribution is 2.27. The van der Waals surface area contributed by atoms with Crippen LogP contribution < -0.4 is 5.32 Å². The van der Waals surface area contributed by atoms with Crippen LogP contribution in [0, 0.1) is 6.92 Å². The van der Waals surface area contributed by atoms with Gasteiger partial charge in [0.05, 0.1) is 6.54 Å². The van der Waals surface area contributed by atoms with Gasteiger partial charge in [0.15, 0.2) is 5.76 Å². The van der Waals surface area contributed by atoms with E-state index in [0.29, 0.717) is 45.8 Å². The second-order valence-corrected chi connectivity index (χ2v) is 10.4. The first-order valence-corrected chi connectivity index (χ1v) is 12.7. The Hall–Kier alpha value is -2.69. The van der Waals surface area contributed by atoms with Crippen molar-refractivity contribution in [3.05, 3.63) is 53.5 Å². The van der Waals surface area contributed by atoms with Gasteiger partial charge >= 0.3 is 0 Å². The van der Waals surface area contributed by atoms with Gasteiger partial charge in [-0.2, -0.15) is 4.31 Å². The first-order chi connectivity index (χ1) is 15.8. The summed E-state index contributed by atoms with van der Waals surface area (Å²) in [4.78, 5) is 28.9. The van der Waals surface area contributed by atoms with Crippen molar-refractivity contribution in [3.8, 4) is 0 Å². The van der Waals surface area contributed by atoms with Crippen LogP contribution in [-0.4, -0.2) is 80.2 Å². The number of amides is 2. The molecule has 4 rings (SSSR count). The molecule has 2 aliphatic rings. The molecule has 178 valence electrons. The highest BCUT2D eigenvalue weighted by Gasteiger charge is 2.33. The summed E-state index contributed by atoms with van der Waals surface area (Å²) in [5, 5.41) is 2.92. The molecule has 0 unspecified atom stereocenters. The Kier molecular flexibility index (Phi) is 7.16. The summed E-state index contributed by atoms with van der Waals surface area (Å²) in [5.41, 5.74) is 1.04. The van der Waals surface area contributed by atoms with Crippen LogP contribution in [0.15, 0.2) is 45.7 Å². The fourth-order valence-electron chi connectivity index (χ4n) is 4.21. The number of piperazine rings is 1. The molecule has 10 heteroatoms. The maximum Gasteiger partial charge on any atom is 0.289 e. The van der Waals surface area contributed by atoms with E-state index in [1.807, 2.05) is 35.2 Å². The summed E-state index contributed by atoms with van der Waals surface area (Å²) in [6.45, 7) is 5.33. The monoisotopic (exact) mass is 474 g/mol. The molecule has 0 atom stereocenters.